The summed E-state index contributed by atoms with van der Waals surface area (Å²) >= 11 is 18.3. The zero-order valence-corrected chi connectivity index (χ0v) is 20.8. The van der Waals surface area contributed by atoms with Crippen molar-refractivity contribution in [1.29, 1.82) is 0 Å². The Bertz CT molecular complexity index is 1440. The van der Waals surface area contributed by atoms with Crippen LogP contribution in [0.25, 0.3) is 6.08 Å². The number of anilines is 3. The van der Waals surface area contributed by atoms with E-state index in [0.29, 0.717) is 26.4 Å². The summed E-state index contributed by atoms with van der Waals surface area (Å²) in [5.41, 5.74) is 2.55. The second-order valence-electron chi connectivity index (χ2n) is 8.95. The first kappa shape index (κ1) is 23.1. The number of nitrogens with one attached hydrogen (secondary N) is 1. The van der Waals surface area contributed by atoms with E-state index in [0.717, 1.165) is 16.2 Å². The summed E-state index contributed by atoms with van der Waals surface area (Å²) in [7, 11) is 0. The summed E-state index contributed by atoms with van der Waals surface area (Å²) in [5, 5.41) is 4.06. The number of hydrogen-bond acceptors (Lipinski definition) is 4. The van der Waals surface area contributed by atoms with E-state index in [9.17, 15) is 14.4 Å². The van der Waals surface area contributed by atoms with Crippen LogP contribution in [-0.2, 0) is 14.4 Å². The number of amides is 3. The molecule has 2 saturated heterocycles. The first-order valence-corrected chi connectivity index (χ1v) is 12.4. The van der Waals surface area contributed by atoms with Gasteiger partial charge in [0.15, 0.2) is 0 Å². The van der Waals surface area contributed by atoms with Gasteiger partial charge >= 0.3 is 0 Å². The van der Waals surface area contributed by atoms with Gasteiger partial charge in [0.05, 0.1) is 23.6 Å². The van der Waals surface area contributed by atoms with Gasteiger partial charge in [-0.3, -0.25) is 14.4 Å². The molecule has 2 fully saturated rings. The molecule has 6 rings (SSSR count). The van der Waals surface area contributed by atoms with E-state index in [1.807, 2.05) is 41.3 Å². The van der Waals surface area contributed by atoms with Crippen LogP contribution in [0.15, 0.2) is 72.8 Å². The average Bonchev–Trinajstić information content (AvgIpc) is 3.33. The van der Waals surface area contributed by atoms with E-state index in [2.05, 4.69) is 5.32 Å². The SMILES string of the molecule is O=C(Nc1ccc(Cl)cc1)C1C2C(=O)N(c3cc(Cl)cc(Cl)c3)C(=O)C2C2C=Cc3ccccc3N21. The number of rotatable bonds is 3. The number of fused-ring (bicyclic) bond motifs is 5. The lowest BCUT2D eigenvalue weighted by molar-refractivity contribution is -0.126. The number of hydrogen-bond donors (Lipinski definition) is 1. The Labute approximate surface area is 222 Å². The molecule has 1 N–H and O–H groups in total. The largest absolute Gasteiger partial charge is 0.351 e. The van der Waals surface area contributed by atoms with Crippen LogP contribution in [0.4, 0.5) is 17.1 Å². The number of imide groups is 1. The Morgan fingerprint density at radius 3 is 2.19 bits per heavy atom. The molecule has 9 heteroatoms. The molecular weight excluding hydrogens is 521 g/mol. The Balaban J connectivity index is 1.44. The standard InChI is InChI=1S/C27H18Cl3N3O3/c28-15-6-8-18(9-7-15)31-25(34)24-23-22(21-10-5-14-3-1-2-4-20(14)33(21)24)26(35)32(27(23)36)19-12-16(29)11-17(30)13-19/h1-13,21-24H,(H,31,34). The third kappa shape index (κ3) is 3.60. The summed E-state index contributed by atoms with van der Waals surface area (Å²) in [6, 6.07) is 17.5. The molecule has 0 bridgehead atoms. The quantitative estimate of drug-likeness (QED) is 0.436. The van der Waals surface area contributed by atoms with Crippen molar-refractivity contribution in [2.24, 2.45) is 11.8 Å². The Morgan fingerprint density at radius 1 is 0.806 bits per heavy atom. The minimum atomic E-state index is -0.919. The molecule has 3 amide bonds. The number of benzene rings is 3. The van der Waals surface area contributed by atoms with Crippen LogP contribution in [0.1, 0.15) is 5.56 Å². The van der Waals surface area contributed by atoms with Crippen LogP contribution >= 0.6 is 34.8 Å². The molecule has 180 valence electrons. The summed E-state index contributed by atoms with van der Waals surface area (Å²) in [4.78, 5) is 44.4. The van der Waals surface area contributed by atoms with Crippen LogP contribution in [0.5, 0.6) is 0 Å². The smallest absolute Gasteiger partial charge is 0.247 e. The predicted octanol–water partition coefficient (Wildman–Crippen LogP) is 5.68. The molecule has 3 aliphatic heterocycles. The van der Waals surface area contributed by atoms with Crippen LogP contribution in [0.3, 0.4) is 0 Å². The maximum Gasteiger partial charge on any atom is 0.247 e. The van der Waals surface area contributed by atoms with Crippen molar-refractivity contribution < 1.29 is 14.4 Å². The molecule has 0 radical (unpaired) electrons. The highest BCUT2D eigenvalue weighted by Crippen LogP contribution is 2.49. The van der Waals surface area contributed by atoms with Crippen molar-refractivity contribution in [2.45, 2.75) is 12.1 Å². The molecule has 3 aromatic carbocycles. The van der Waals surface area contributed by atoms with E-state index in [1.54, 1.807) is 24.3 Å². The zero-order valence-electron chi connectivity index (χ0n) is 18.6. The van der Waals surface area contributed by atoms with Crippen LogP contribution < -0.4 is 15.1 Å². The third-order valence-electron chi connectivity index (χ3n) is 6.90. The number of carbonyl (C=O) groups is 3. The second-order valence-corrected chi connectivity index (χ2v) is 10.3. The first-order valence-electron chi connectivity index (χ1n) is 11.3. The van der Waals surface area contributed by atoms with E-state index >= 15 is 0 Å². The summed E-state index contributed by atoms with van der Waals surface area (Å²) in [6.45, 7) is 0. The van der Waals surface area contributed by atoms with Gasteiger partial charge in [-0.25, -0.2) is 4.90 Å². The third-order valence-corrected chi connectivity index (χ3v) is 7.59. The summed E-state index contributed by atoms with van der Waals surface area (Å²) < 4.78 is 0. The first-order chi connectivity index (χ1) is 17.3. The zero-order chi connectivity index (χ0) is 25.1. The molecule has 0 aromatic heterocycles. The van der Waals surface area contributed by atoms with Crippen LogP contribution in [0.2, 0.25) is 15.1 Å². The van der Waals surface area contributed by atoms with Gasteiger partial charge in [-0.15, -0.1) is 0 Å². The van der Waals surface area contributed by atoms with Crippen molar-refractivity contribution in [3.63, 3.8) is 0 Å². The van der Waals surface area contributed by atoms with Crippen molar-refractivity contribution >= 4 is 75.7 Å². The fourth-order valence-electron chi connectivity index (χ4n) is 5.49. The molecule has 3 aromatic rings. The molecule has 0 saturated carbocycles. The van der Waals surface area contributed by atoms with Crippen LogP contribution in [0, 0.1) is 11.8 Å². The minimum Gasteiger partial charge on any atom is -0.351 e. The number of para-hydroxylation sites is 1. The molecule has 4 unspecified atom stereocenters. The van der Waals surface area contributed by atoms with E-state index in [1.165, 1.54) is 18.2 Å². The molecule has 3 heterocycles. The van der Waals surface area contributed by atoms with Gasteiger partial charge in [-0.05, 0) is 54.1 Å². The lowest BCUT2D eigenvalue weighted by Gasteiger charge is -2.36. The van der Waals surface area contributed by atoms with Crippen molar-refractivity contribution in [3.05, 3.63) is 93.4 Å². The molecule has 4 atom stereocenters. The maximum atomic E-state index is 13.9. The average molecular weight is 539 g/mol. The van der Waals surface area contributed by atoms with E-state index in [-0.39, 0.29) is 11.8 Å². The Hall–Kier alpha value is -3.32. The van der Waals surface area contributed by atoms with Gasteiger partial charge in [0.2, 0.25) is 17.7 Å². The monoisotopic (exact) mass is 537 g/mol. The van der Waals surface area contributed by atoms with Gasteiger partial charge in [-0.1, -0.05) is 65.2 Å². The molecule has 0 aliphatic carbocycles. The molecular formula is C27H18Cl3N3O3. The highest BCUT2D eigenvalue weighted by molar-refractivity contribution is 6.36. The number of carbonyl (C=O) groups excluding carboxylic acids is 3. The molecule has 6 nitrogen and oxygen atoms in total. The fourth-order valence-corrected chi connectivity index (χ4v) is 6.13. The number of halogens is 3. The van der Waals surface area contributed by atoms with Crippen molar-refractivity contribution in [3.8, 4) is 0 Å². The van der Waals surface area contributed by atoms with Gasteiger partial charge in [0.1, 0.15) is 6.04 Å². The van der Waals surface area contributed by atoms with E-state index < -0.39 is 29.8 Å². The number of nitrogens with zero attached hydrogens (tertiary/aromatic N) is 2. The lowest BCUT2D eigenvalue weighted by atomic mass is 9.88. The van der Waals surface area contributed by atoms with E-state index in [4.69, 9.17) is 34.8 Å². The lowest BCUT2D eigenvalue weighted by Crippen LogP contribution is -2.50. The Kier molecular flexibility index (Phi) is 5.56. The molecule has 36 heavy (non-hydrogen) atoms. The van der Waals surface area contributed by atoms with Crippen molar-refractivity contribution in [1.82, 2.24) is 0 Å². The Morgan fingerprint density at radius 2 is 1.47 bits per heavy atom. The van der Waals surface area contributed by atoms with Gasteiger partial charge in [0, 0.05) is 26.4 Å². The highest BCUT2D eigenvalue weighted by Gasteiger charge is 2.64. The minimum absolute atomic E-state index is 0.292. The second kappa shape index (κ2) is 8.66. The molecule has 3 aliphatic rings. The normalized spacial score (nSPS) is 24.0. The van der Waals surface area contributed by atoms with Gasteiger partial charge in [-0.2, -0.15) is 0 Å². The summed E-state index contributed by atoms with van der Waals surface area (Å²) in [6.07, 6.45) is 3.83. The summed E-state index contributed by atoms with van der Waals surface area (Å²) in [5.74, 6) is -2.87. The van der Waals surface area contributed by atoms with Gasteiger partial charge in [0.25, 0.3) is 0 Å². The molecule has 0 spiro atoms. The highest BCUT2D eigenvalue weighted by atomic mass is 35.5. The fraction of sp³-hybridized carbons (Fsp3) is 0.148. The predicted molar refractivity (Wildman–Crippen MR) is 142 cm³/mol. The maximum absolute atomic E-state index is 13.9. The van der Waals surface area contributed by atoms with Crippen molar-refractivity contribution in [2.75, 3.05) is 15.1 Å². The van der Waals surface area contributed by atoms with Gasteiger partial charge < -0.3 is 10.2 Å². The van der Waals surface area contributed by atoms with Crippen LogP contribution in [-0.4, -0.2) is 29.8 Å². The topological polar surface area (TPSA) is 69.7 Å².